The van der Waals surface area contributed by atoms with Gasteiger partial charge in [0, 0.05) is 38.5 Å². The summed E-state index contributed by atoms with van der Waals surface area (Å²) in [7, 11) is 0. The molecule has 7 heteroatoms. The number of amides is 1. The number of hydrogen-bond donors (Lipinski definition) is 1. The maximum absolute atomic E-state index is 12.9. The van der Waals surface area contributed by atoms with Gasteiger partial charge in [-0.2, -0.15) is 0 Å². The molecular formula is C16H20FN3O2S. The second-order valence-corrected chi connectivity index (χ2v) is 6.14. The second-order valence-electron chi connectivity index (χ2n) is 5.75. The summed E-state index contributed by atoms with van der Waals surface area (Å²) < 4.78 is 18.4. The minimum Gasteiger partial charge on any atom is -0.368 e. The van der Waals surface area contributed by atoms with Crippen molar-refractivity contribution in [1.82, 2.24) is 9.80 Å². The van der Waals surface area contributed by atoms with Gasteiger partial charge in [0.05, 0.1) is 0 Å². The maximum atomic E-state index is 12.9. The number of nitrogens with one attached hydrogen (secondary N) is 1. The van der Waals surface area contributed by atoms with Gasteiger partial charge in [-0.15, -0.1) is 0 Å². The summed E-state index contributed by atoms with van der Waals surface area (Å²) in [5.74, 6) is -0.178. The lowest BCUT2D eigenvalue weighted by atomic mass is 10.2. The maximum Gasteiger partial charge on any atom is 0.251 e. The fourth-order valence-electron chi connectivity index (χ4n) is 2.84. The predicted molar refractivity (Wildman–Crippen MR) is 89.7 cm³/mol. The Morgan fingerprint density at radius 3 is 2.43 bits per heavy atom. The van der Waals surface area contributed by atoms with E-state index >= 15 is 0 Å². The molecule has 1 aromatic carbocycles. The Hall–Kier alpha value is -1.73. The molecule has 3 rings (SSSR count). The van der Waals surface area contributed by atoms with Crippen molar-refractivity contribution >= 4 is 28.9 Å². The van der Waals surface area contributed by atoms with Crippen LogP contribution >= 0.6 is 12.2 Å². The molecule has 0 aliphatic carbocycles. The highest BCUT2D eigenvalue weighted by Crippen LogP contribution is 2.16. The molecule has 1 N–H and O–H groups in total. The zero-order valence-electron chi connectivity index (χ0n) is 12.8. The number of anilines is 1. The van der Waals surface area contributed by atoms with Gasteiger partial charge in [-0.1, -0.05) is 0 Å². The Morgan fingerprint density at radius 1 is 1.17 bits per heavy atom. The zero-order valence-corrected chi connectivity index (χ0v) is 13.7. The van der Waals surface area contributed by atoms with Gasteiger partial charge < -0.3 is 19.9 Å². The van der Waals surface area contributed by atoms with Crippen LogP contribution in [0.1, 0.15) is 12.8 Å². The summed E-state index contributed by atoms with van der Waals surface area (Å²) in [5, 5.41) is 3.70. The van der Waals surface area contributed by atoms with Crippen molar-refractivity contribution in [3.8, 4) is 0 Å². The molecule has 5 nitrogen and oxygen atoms in total. The third-order valence-corrected chi connectivity index (χ3v) is 4.54. The lowest BCUT2D eigenvalue weighted by molar-refractivity contribution is -0.142. The Labute approximate surface area is 140 Å². The molecule has 1 atom stereocenters. The first-order valence-corrected chi connectivity index (χ1v) is 8.26. The molecule has 23 heavy (non-hydrogen) atoms. The van der Waals surface area contributed by atoms with Crippen LogP contribution < -0.4 is 5.32 Å². The number of halogens is 1. The number of ether oxygens (including phenoxy) is 1. The minimum absolute atomic E-state index is 0.0968. The summed E-state index contributed by atoms with van der Waals surface area (Å²) >= 11 is 5.39. The first-order chi connectivity index (χ1) is 11.1. The van der Waals surface area contributed by atoms with E-state index in [1.807, 2.05) is 9.80 Å². The first kappa shape index (κ1) is 16.1. The molecule has 2 aliphatic rings. The summed E-state index contributed by atoms with van der Waals surface area (Å²) in [6.07, 6.45) is 1.52. The van der Waals surface area contributed by atoms with Gasteiger partial charge in [-0.05, 0) is 49.3 Å². The second kappa shape index (κ2) is 7.23. The molecule has 0 radical (unpaired) electrons. The Bertz CT molecular complexity index is 567. The van der Waals surface area contributed by atoms with E-state index in [0.717, 1.165) is 18.5 Å². The monoisotopic (exact) mass is 337 g/mol. The van der Waals surface area contributed by atoms with Crippen LogP contribution in [0.3, 0.4) is 0 Å². The lowest BCUT2D eigenvalue weighted by Crippen LogP contribution is -2.53. The third kappa shape index (κ3) is 3.97. The van der Waals surface area contributed by atoms with Gasteiger partial charge >= 0.3 is 0 Å². The predicted octanol–water partition coefficient (Wildman–Crippen LogP) is 1.85. The van der Waals surface area contributed by atoms with Crippen molar-refractivity contribution in [1.29, 1.82) is 0 Å². The van der Waals surface area contributed by atoms with Crippen LogP contribution in [0.5, 0.6) is 0 Å². The van der Waals surface area contributed by atoms with Gasteiger partial charge in [0.1, 0.15) is 11.9 Å². The molecule has 1 amide bonds. The zero-order chi connectivity index (χ0) is 16.2. The highest BCUT2D eigenvalue weighted by atomic mass is 32.1. The van der Waals surface area contributed by atoms with E-state index in [0.29, 0.717) is 37.9 Å². The first-order valence-electron chi connectivity index (χ1n) is 7.85. The fraction of sp³-hybridized carbons (Fsp3) is 0.500. The summed E-state index contributed by atoms with van der Waals surface area (Å²) in [6, 6.07) is 6.09. The van der Waals surface area contributed by atoms with Crippen LogP contribution in [-0.4, -0.2) is 59.7 Å². The SMILES string of the molecule is O=C([C@@H]1CCCO1)N1CCN(C(=S)Nc2ccc(F)cc2)CC1. The smallest absolute Gasteiger partial charge is 0.251 e. The summed E-state index contributed by atoms with van der Waals surface area (Å²) in [4.78, 5) is 16.2. The van der Waals surface area contributed by atoms with E-state index in [1.54, 1.807) is 12.1 Å². The average molecular weight is 337 g/mol. The largest absolute Gasteiger partial charge is 0.368 e. The molecule has 2 heterocycles. The highest BCUT2D eigenvalue weighted by molar-refractivity contribution is 7.80. The van der Waals surface area contributed by atoms with E-state index < -0.39 is 0 Å². The number of rotatable bonds is 2. The van der Waals surface area contributed by atoms with E-state index in [4.69, 9.17) is 17.0 Å². The number of benzene rings is 1. The molecule has 2 saturated heterocycles. The van der Waals surface area contributed by atoms with E-state index in [9.17, 15) is 9.18 Å². The average Bonchev–Trinajstić information content (AvgIpc) is 3.11. The molecule has 0 aromatic heterocycles. The van der Waals surface area contributed by atoms with Crippen molar-refractivity contribution in [2.24, 2.45) is 0 Å². The molecule has 0 bridgehead atoms. The third-order valence-electron chi connectivity index (χ3n) is 4.18. The number of nitrogens with zero attached hydrogens (tertiary/aromatic N) is 2. The molecule has 0 unspecified atom stereocenters. The van der Waals surface area contributed by atoms with Gasteiger partial charge in [0.15, 0.2) is 5.11 Å². The Balaban J connectivity index is 1.49. The topological polar surface area (TPSA) is 44.8 Å². The molecule has 0 spiro atoms. The normalized spacial score (nSPS) is 21.3. The van der Waals surface area contributed by atoms with Crippen molar-refractivity contribution < 1.29 is 13.9 Å². The van der Waals surface area contributed by atoms with Crippen LogP contribution in [0, 0.1) is 5.82 Å². The standard InChI is InChI=1S/C16H20FN3O2S/c17-12-3-5-13(6-4-12)18-16(23)20-9-7-19(8-10-20)15(21)14-2-1-11-22-14/h3-6,14H,1-2,7-11H2,(H,18,23)/t14-/m0/s1. The molecule has 0 saturated carbocycles. The summed E-state index contributed by atoms with van der Waals surface area (Å²) in [6.45, 7) is 3.34. The van der Waals surface area contributed by atoms with Crippen LogP contribution in [0.15, 0.2) is 24.3 Å². The minimum atomic E-state index is -0.275. The van der Waals surface area contributed by atoms with Crippen LogP contribution in [0.4, 0.5) is 10.1 Å². The summed E-state index contributed by atoms with van der Waals surface area (Å²) in [5.41, 5.74) is 0.759. The number of carbonyl (C=O) groups is 1. The van der Waals surface area contributed by atoms with E-state index in [1.165, 1.54) is 12.1 Å². The van der Waals surface area contributed by atoms with Gasteiger partial charge in [-0.3, -0.25) is 4.79 Å². The van der Waals surface area contributed by atoms with Crippen LogP contribution in [0.2, 0.25) is 0 Å². The lowest BCUT2D eigenvalue weighted by Gasteiger charge is -2.37. The van der Waals surface area contributed by atoms with E-state index in [-0.39, 0.29) is 17.8 Å². The number of piperazine rings is 1. The van der Waals surface area contributed by atoms with Crippen molar-refractivity contribution in [2.45, 2.75) is 18.9 Å². The van der Waals surface area contributed by atoms with Crippen molar-refractivity contribution in [2.75, 3.05) is 38.1 Å². The number of carbonyl (C=O) groups excluding carboxylic acids is 1. The van der Waals surface area contributed by atoms with Gasteiger partial charge in [0.25, 0.3) is 5.91 Å². The van der Waals surface area contributed by atoms with E-state index in [2.05, 4.69) is 5.32 Å². The quantitative estimate of drug-likeness (QED) is 0.835. The fourth-order valence-corrected chi connectivity index (χ4v) is 3.14. The number of hydrogen-bond acceptors (Lipinski definition) is 3. The molecular weight excluding hydrogens is 317 g/mol. The van der Waals surface area contributed by atoms with Crippen LogP contribution in [0.25, 0.3) is 0 Å². The van der Waals surface area contributed by atoms with Crippen LogP contribution in [-0.2, 0) is 9.53 Å². The highest BCUT2D eigenvalue weighted by Gasteiger charge is 2.30. The van der Waals surface area contributed by atoms with Gasteiger partial charge in [-0.25, -0.2) is 4.39 Å². The molecule has 2 aliphatic heterocycles. The molecule has 1 aromatic rings. The van der Waals surface area contributed by atoms with Crippen molar-refractivity contribution in [3.05, 3.63) is 30.1 Å². The molecule has 2 fully saturated rings. The Morgan fingerprint density at radius 2 is 1.83 bits per heavy atom. The van der Waals surface area contributed by atoms with Gasteiger partial charge in [0.2, 0.25) is 0 Å². The number of thiocarbonyl (C=S) groups is 1. The van der Waals surface area contributed by atoms with Crippen molar-refractivity contribution in [3.63, 3.8) is 0 Å². The molecule has 124 valence electrons. The Kier molecular flexibility index (Phi) is 5.07.